The van der Waals surface area contributed by atoms with E-state index in [9.17, 15) is 9.90 Å². The molecule has 1 N–H and O–H groups in total. The molecule has 4 rings (SSSR count). The normalized spacial score (nSPS) is 26.9. The van der Waals surface area contributed by atoms with E-state index in [0.29, 0.717) is 31.2 Å². The monoisotopic (exact) mass is 385 g/mol. The molecule has 2 aromatic heterocycles. The molecule has 1 saturated carbocycles. The number of aromatic nitrogens is 4. The Hall–Kier alpha value is -2.48. The Morgan fingerprint density at radius 3 is 2.61 bits per heavy atom. The lowest BCUT2D eigenvalue weighted by molar-refractivity contribution is -0.130. The average molecular weight is 385 g/mol. The first-order chi connectivity index (χ1) is 13.5. The van der Waals surface area contributed by atoms with Crippen molar-refractivity contribution >= 4 is 5.91 Å². The maximum absolute atomic E-state index is 12.6. The third-order valence-corrected chi connectivity index (χ3v) is 5.94. The standard InChI is InChI=1S/C20H27N5O3/c1-13-3-4-18(14(2)23-13)28-19-8-16-10-25(9-15(16)7-17(19)26)20(27)5-6-24-11-21-22-12-24/h3-4,11-12,15-17,19,26H,5-10H2,1-2H3/t15-,16+,17+,19+/m0/s1. The van der Waals surface area contributed by atoms with Crippen molar-refractivity contribution in [1.29, 1.82) is 0 Å². The topological polar surface area (TPSA) is 93.4 Å². The second-order valence-electron chi connectivity index (χ2n) is 8.00. The molecule has 2 fully saturated rings. The fourth-order valence-electron chi connectivity index (χ4n) is 4.40. The van der Waals surface area contributed by atoms with Crippen LogP contribution in [-0.4, -0.2) is 61.0 Å². The Labute approximate surface area is 164 Å². The van der Waals surface area contributed by atoms with Crippen LogP contribution in [0, 0.1) is 25.7 Å². The van der Waals surface area contributed by atoms with E-state index in [4.69, 9.17) is 4.74 Å². The number of fused-ring (bicyclic) bond motifs is 1. The second-order valence-corrected chi connectivity index (χ2v) is 8.00. The van der Waals surface area contributed by atoms with Gasteiger partial charge in [0.05, 0.1) is 11.8 Å². The molecule has 0 bridgehead atoms. The zero-order valence-corrected chi connectivity index (χ0v) is 16.4. The van der Waals surface area contributed by atoms with Crippen molar-refractivity contribution in [3.05, 3.63) is 36.2 Å². The fourth-order valence-corrected chi connectivity index (χ4v) is 4.40. The third-order valence-electron chi connectivity index (χ3n) is 5.94. The lowest BCUT2D eigenvalue weighted by atomic mass is 9.78. The summed E-state index contributed by atoms with van der Waals surface area (Å²) in [6.45, 7) is 5.92. The number of aliphatic hydroxyl groups excluding tert-OH is 1. The van der Waals surface area contributed by atoms with Crippen molar-refractivity contribution in [2.75, 3.05) is 13.1 Å². The minimum Gasteiger partial charge on any atom is -0.486 e. The van der Waals surface area contributed by atoms with Gasteiger partial charge in [-0.05, 0) is 50.7 Å². The molecular weight excluding hydrogens is 358 g/mol. The number of rotatable bonds is 5. The summed E-state index contributed by atoms with van der Waals surface area (Å²) in [5, 5.41) is 18.1. The second kappa shape index (κ2) is 7.87. The number of aryl methyl sites for hydroxylation is 3. The molecule has 28 heavy (non-hydrogen) atoms. The van der Waals surface area contributed by atoms with Crippen LogP contribution in [0.3, 0.4) is 0 Å². The summed E-state index contributed by atoms with van der Waals surface area (Å²) in [5.74, 6) is 1.58. The summed E-state index contributed by atoms with van der Waals surface area (Å²) in [5.41, 5.74) is 1.79. The molecule has 1 saturated heterocycles. The molecule has 8 nitrogen and oxygen atoms in total. The van der Waals surface area contributed by atoms with Crippen LogP contribution in [0.5, 0.6) is 5.75 Å². The Bertz CT molecular complexity index is 825. The Kier molecular flexibility index (Phi) is 5.30. The van der Waals surface area contributed by atoms with E-state index in [1.54, 1.807) is 12.7 Å². The molecule has 0 spiro atoms. The summed E-state index contributed by atoms with van der Waals surface area (Å²) in [6.07, 6.45) is 4.34. The summed E-state index contributed by atoms with van der Waals surface area (Å²) in [7, 11) is 0. The number of amides is 1. The van der Waals surface area contributed by atoms with Crippen LogP contribution in [0.1, 0.15) is 30.7 Å². The number of carbonyl (C=O) groups is 1. The number of nitrogens with zero attached hydrogens (tertiary/aromatic N) is 5. The van der Waals surface area contributed by atoms with E-state index in [1.807, 2.05) is 35.4 Å². The fraction of sp³-hybridized carbons (Fsp3) is 0.600. The number of carbonyl (C=O) groups excluding carboxylic acids is 1. The first kappa shape index (κ1) is 18.9. The molecule has 8 heteroatoms. The zero-order chi connectivity index (χ0) is 19.7. The molecule has 2 aromatic rings. The Morgan fingerprint density at radius 2 is 1.89 bits per heavy atom. The van der Waals surface area contributed by atoms with Gasteiger partial charge in [-0.3, -0.25) is 9.78 Å². The van der Waals surface area contributed by atoms with Gasteiger partial charge in [-0.2, -0.15) is 0 Å². The molecule has 0 radical (unpaired) electrons. The number of pyridine rings is 1. The van der Waals surface area contributed by atoms with Crippen molar-refractivity contribution in [3.63, 3.8) is 0 Å². The molecule has 2 aliphatic rings. The highest BCUT2D eigenvalue weighted by Gasteiger charge is 2.43. The molecule has 1 aliphatic carbocycles. The molecule has 0 aromatic carbocycles. The molecule has 3 heterocycles. The first-order valence-electron chi connectivity index (χ1n) is 9.88. The predicted octanol–water partition coefficient (Wildman–Crippen LogP) is 1.36. The number of likely N-dealkylation sites (tertiary alicyclic amines) is 1. The van der Waals surface area contributed by atoms with Crippen molar-refractivity contribution in [1.82, 2.24) is 24.6 Å². The van der Waals surface area contributed by atoms with Crippen molar-refractivity contribution < 1.29 is 14.6 Å². The molecule has 150 valence electrons. The summed E-state index contributed by atoms with van der Waals surface area (Å²) >= 11 is 0. The van der Waals surface area contributed by atoms with Crippen molar-refractivity contribution in [3.8, 4) is 5.75 Å². The smallest absolute Gasteiger partial charge is 0.224 e. The van der Waals surface area contributed by atoms with Gasteiger partial charge in [0.15, 0.2) is 0 Å². The summed E-state index contributed by atoms with van der Waals surface area (Å²) in [6, 6.07) is 3.85. The van der Waals surface area contributed by atoms with E-state index in [0.717, 1.165) is 36.6 Å². The van der Waals surface area contributed by atoms with Crippen LogP contribution in [-0.2, 0) is 11.3 Å². The molecular formula is C20H27N5O3. The minimum atomic E-state index is -0.519. The van der Waals surface area contributed by atoms with E-state index >= 15 is 0 Å². The van der Waals surface area contributed by atoms with Crippen LogP contribution in [0.4, 0.5) is 0 Å². The first-order valence-corrected chi connectivity index (χ1v) is 9.88. The maximum atomic E-state index is 12.6. The number of hydrogen-bond acceptors (Lipinski definition) is 6. The van der Waals surface area contributed by atoms with Gasteiger partial charge in [-0.1, -0.05) is 0 Å². The molecule has 1 amide bonds. The van der Waals surface area contributed by atoms with Crippen molar-refractivity contribution in [2.45, 2.75) is 51.9 Å². The van der Waals surface area contributed by atoms with E-state index in [2.05, 4.69) is 15.2 Å². The van der Waals surface area contributed by atoms with Gasteiger partial charge >= 0.3 is 0 Å². The highest BCUT2D eigenvalue weighted by Crippen LogP contribution is 2.38. The third kappa shape index (κ3) is 4.01. The van der Waals surface area contributed by atoms with E-state index < -0.39 is 6.10 Å². The highest BCUT2D eigenvalue weighted by molar-refractivity contribution is 5.76. The largest absolute Gasteiger partial charge is 0.486 e. The van der Waals surface area contributed by atoms with Gasteiger partial charge < -0.3 is 19.3 Å². The summed E-state index contributed by atoms with van der Waals surface area (Å²) < 4.78 is 7.93. The van der Waals surface area contributed by atoms with Gasteiger partial charge in [-0.25, -0.2) is 0 Å². The van der Waals surface area contributed by atoms with Crippen LogP contribution in [0.2, 0.25) is 0 Å². The molecule has 0 unspecified atom stereocenters. The van der Waals surface area contributed by atoms with Gasteiger partial charge in [0.25, 0.3) is 0 Å². The van der Waals surface area contributed by atoms with Gasteiger partial charge in [-0.15, -0.1) is 10.2 Å². The van der Waals surface area contributed by atoms with Crippen molar-refractivity contribution in [2.24, 2.45) is 11.8 Å². The quantitative estimate of drug-likeness (QED) is 0.835. The maximum Gasteiger partial charge on any atom is 0.224 e. The van der Waals surface area contributed by atoms with Crippen LogP contribution in [0.15, 0.2) is 24.8 Å². The molecule has 1 aliphatic heterocycles. The SMILES string of the molecule is Cc1ccc(O[C@@H]2C[C@@H]3CN(C(=O)CCn4cnnc4)C[C@@H]3C[C@H]2O)c(C)n1. The molecule has 4 atom stereocenters. The van der Waals surface area contributed by atoms with Gasteiger partial charge in [0, 0.05) is 31.7 Å². The van der Waals surface area contributed by atoms with Crippen LogP contribution >= 0.6 is 0 Å². The Balaban J connectivity index is 1.34. The minimum absolute atomic E-state index is 0.147. The lowest BCUT2D eigenvalue weighted by Gasteiger charge is -2.35. The summed E-state index contributed by atoms with van der Waals surface area (Å²) in [4.78, 5) is 19.0. The van der Waals surface area contributed by atoms with Crippen LogP contribution in [0.25, 0.3) is 0 Å². The lowest BCUT2D eigenvalue weighted by Crippen LogP contribution is -2.42. The highest BCUT2D eigenvalue weighted by atomic mass is 16.5. The van der Waals surface area contributed by atoms with Crippen LogP contribution < -0.4 is 4.74 Å². The average Bonchev–Trinajstić information content (AvgIpc) is 3.31. The number of hydrogen-bond donors (Lipinski definition) is 1. The predicted molar refractivity (Wildman–Crippen MR) is 102 cm³/mol. The number of aliphatic hydroxyl groups is 1. The van der Waals surface area contributed by atoms with E-state index in [1.165, 1.54) is 0 Å². The zero-order valence-electron chi connectivity index (χ0n) is 16.4. The Morgan fingerprint density at radius 1 is 1.18 bits per heavy atom. The van der Waals surface area contributed by atoms with Gasteiger partial charge in [0.1, 0.15) is 24.5 Å². The van der Waals surface area contributed by atoms with Gasteiger partial charge in [0.2, 0.25) is 5.91 Å². The number of ether oxygens (including phenoxy) is 1. The van der Waals surface area contributed by atoms with E-state index in [-0.39, 0.29) is 12.0 Å².